The monoisotopic (exact) mass is 213 g/mol. The smallest absolute Gasteiger partial charge is 0.132 e. The van der Waals surface area contributed by atoms with Crippen molar-refractivity contribution < 1.29 is 4.79 Å². The van der Waals surface area contributed by atoms with Crippen LogP contribution in [-0.4, -0.2) is 12.3 Å². The van der Waals surface area contributed by atoms with Crippen molar-refractivity contribution in [2.24, 2.45) is 5.73 Å². The standard InChI is InChI=1S/C13H27NO/c1-2-3-4-5-6-7-10-13(15)11-8-9-12-14/h2-12,14H2,1H3. The minimum Gasteiger partial charge on any atom is -0.330 e. The molecule has 0 unspecified atom stereocenters. The predicted octanol–water partition coefficient (Wildman–Crippen LogP) is 3.44. The van der Waals surface area contributed by atoms with Crippen LogP contribution >= 0.6 is 0 Å². The summed E-state index contributed by atoms with van der Waals surface area (Å²) < 4.78 is 0. The van der Waals surface area contributed by atoms with Gasteiger partial charge in [-0.05, 0) is 25.8 Å². The average Bonchev–Trinajstić information content (AvgIpc) is 2.23. The van der Waals surface area contributed by atoms with Crippen LogP contribution in [0.1, 0.15) is 71.1 Å². The van der Waals surface area contributed by atoms with E-state index in [1.54, 1.807) is 0 Å². The largest absolute Gasteiger partial charge is 0.330 e. The van der Waals surface area contributed by atoms with E-state index in [-0.39, 0.29) is 0 Å². The Hall–Kier alpha value is -0.370. The minimum absolute atomic E-state index is 0.430. The van der Waals surface area contributed by atoms with E-state index in [9.17, 15) is 4.79 Å². The second kappa shape index (κ2) is 11.7. The Morgan fingerprint density at radius 3 is 2.00 bits per heavy atom. The Morgan fingerprint density at radius 2 is 1.40 bits per heavy atom. The molecule has 0 rings (SSSR count). The van der Waals surface area contributed by atoms with E-state index >= 15 is 0 Å². The van der Waals surface area contributed by atoms with E-state index < -0.39 is 0 Å². The third-order valence-electron chi connectivity index (χ3n) is 2.72. The lowest BCUT2D eigenvalue weighted by molar-refractivity contribution is -0.119. The lowest BCUT2D eigenvalue weighted by Gasteiger charge is -2.01. The molecule has 0 bridgehead atoms. The Balaban J connectivity index is 3.10. The van der Waals surface area contributed by atoms with E-state index in [0.29, 0.717) is 12.3 Å². The molecule has 0 aromatic heterocycles. The maximum Gasteiger partial charge on any atom is 0.132 e. The molecule has 0 aliphatic rings. The van der Waals surface area contributed by atoms with Crippen molar-refractivity contribution in [3.63, 3.8) is 0 Å². The van der Waals surface area contributed by atoms with Crippen molar-refractivity contribution in [3.8, 4) is 0 Å². The van der Waals surface area contributed by atoms with Crippen LogP contribution in [0.2, 0.25) is 0 Å². The highest BCUT2D eigenvalue weighted by Gasteiger charge is 2.00. The molecule has 0 amide bonds. The summed E-state index contributed by atoms with van der Waals surface area (Å²) in [5.41, 5.74) is 5.37. The van der Waals surface area contributed by atoms with Gasteiger partial charge >= 0.3 is 0 Å². The summed E-state index contributed by atoms with van der Waals surface area (Å²) >= 11 is 0. The Bertz CT molecular complexity index is 145. The molecule has 90 valence electrons. The van der Waals surface area contributed by atoms with Crippen molar-refractivity contribution in [1.82, 2.24) is 0 Å². The number of carbonyl (C=O) groups is 1. The molecule has 2 nitrogen and oxygen atoms in total. The first kappa shape index (κ1) is 14.6. The van der Waals surface area contributed by atoms with Gasteiger partial charge in [-0.2, -0.15) is 0 Å². The molecule has 0 radical (unpaired) electrons. The molecule has 0 aromatic rings. The zero-order valence-electron chi connectivity index (χ0n) is 10.3. The second-order valence-corrected chi connectivity index (χ2v) is 4.30. The number of rotatable bonds is 11. The molecular weight excluding hydrogens is 186 g/mol. The minimum atomic E-state index is 0.430. The molecule has 0 spiro atoms. The normalized spacial score (nSPS) is 10.5. The van der Waals surface area contributed by atoms with E-state index in [2.05, 4.69) is 6.92 Å². The molecule has 0 heterocycles. The first-order valence-corrected chi connectivity index (χ1v) is 6.53. The van der Waals surface area contributed by atoms with Gasteiger partial charge in [-0.3, -0.25) is 4.79 Å². The number of unbranched alkanes of at least 4 members (excludes halogenated alkanes) is 6. The SMILES string of the molecule is CCCCCCCCC(=O)CCCCN. The van der Waals surface area contributed by atoms with Crippen LogP contribution in [0.15, 0.2) is 0 Å². The molecule has 2 N–H and O–H groups in total. The summed E-state index contributed by atoms with van der Waals surface area (Å²) in [6, 6.07) is 0. The van der Waals surface area contributed by atoms with Gasteiger partial charge in [0.15, 0.2) is 0 Å². The molecule has 0 atom stereocenters. The van der Waals surface area contributed by atoms with Crippen LogP contribution in [0.25, 0.3) is 0 Å². The number of hydrogen-bond donors (Lipinski definition) is 1. The van der Waals surface area contributed by atoms with Crippen LogP contribution in [0.5, 0.6) is 0 Å². The third kappa shape index (κ3) is 11.6. The van der Waals surface area contributed by atoms with Gasteiger partial charge in [0.1, 0.15) is 5.78 Å². The number of carbonyl (C=O) groups excluding carboxylic acids is 1. The first-order valence-electron chi connectivity index (χ1n) is 6.53. The predicted molar refractivity (Wildman–Crippen MR) is 65.9 cm³/mol. The van der Waals surface area contributed by atoms with E-state index in [1.807, 2.05) is 0 Å². The Kier molecular flexibility index (Phi) is 11.4. The highest BCUT2D eigenvalue weighted by atomic mass is 16.1. The molecule has 2 heteroatoms. The van der Waals surface area contributed by atoms with Crippen molar-refractivity contribution in [1.29, 1.82) is 0 Å². The number of Topliss-reactive ketones (excluding diaryl/α,β-unsaturated/α-hetero) is 1. The molecule has 0 aromatic carbocycles. The first-order chi connectivity index (χ1) is 7.31. The molecule has 0 saturated carbocycles. The van der Waals surface area contributed by atoms with Crippen LogP contribution < -0.4 is 5.73 Å². The fourth-order valence-electron chi connectivity index (χ4n) is 1.69. The highest BCUT2D eigenvalue weighted by Crippen LogP contribution is 2.08. The zero-order valence-corrected chi connectivity index (χ0v) is 10.3. The number of ketones is 1. The lowest BCUT2D eigenvalue weighted by Crippen LogP contribution is -2.02. The molecule has 0 fully saturated rings. The summed E-state index contributed by atoms with van der Waals surface area (Å²) in [5.74, 6) is 0.430. The highest BCUT2D eigenvalue weighted by molar-refractivity contribution is 5.78. The van der Waals surface area contributed by atoms with E-state index in [0.717, 1.165) is 32.1 Å². The summed E-state index contributed by atoms with van der Waals surface area (Å²) in [6.07, 6.45) is 11.1. The Labute approximate surface area is 94.6 Å². The van der Waals surface area contributed by atoms with Gasteiger partial charge in [-0.1, -0.05) is 39.0 Å². The zero-order chi connectivity index (χ0) is 11.4. The van der Waals surface area contributed by atoms with Crippen molar-refractivity contribution >= 4 is 5.78 Å². The number of hydrogen-bond acceptors (Lipinski definition) is 2. The fourth-order valence-corrected chi connectivity index (χ4v) is 1.69. The van der Waals surface area contributed by atoms with E-state index in [1.165, 1.54) is 32.1 Å². The van der Waals surface area contributed by atoms with E-state index in [4.69, 9.17) is 5.73 Å². The molecule has 0 aliphatic carbocycles. The van der Waals surface area contributed by atoms with Gasteiger partial charge in [-0.15, -0.1) is 0 Å². The van der Waals surface area contributed by atoms with Gasteiger partial charge < -0.3 is 5.73 Å². The maximum atomic E-state index is 11.4. The fraction of sp³-hybridized carbons (Fsp3) is 0.923. The van der Waals surface area contributed by atoms with Crippen LogP contribution in [0, 0.1) is 0 Å². The number of nitrogens with two attached hydrogens (primary N) is 1. The van der Waals surface area contributed by atoms with Gasteiger partial charge in [0, 0.05) is 12.8 Å². The summed E-state index contributed by atoms with van der Waals surface area (Å²) in [6.45, 7) is 2.94. The van der Waals surface area contributed by atoms with Crippen molar-refractivity contribution in [2.45, 2.75) is 71.1 Å². The topological polar surface area (TPSA) is 43.1 Å². The van der Waals surface area contributed by atoms with Gasteiger partial charge in [0.2, 0.25) is 0 Å². The summed E-state index contributed by atoms with van der Waals surface area (Å²) in [5, 5.41) is 0. The van der Waals surface area contributed by atoms with Crippen LogP contribution in [-0.2, 0) is 4.79 Å². The molecular formula is C13H27NO. The van der Waals surface area contributed by atoms with Crippen LogP contribution in [0.4, 0.5) is 0 Å². The summed E-state index contributed by atoms with van der Waals surface area (Å²) in [7, 11) is 0. The Morgan fingerprint density at radius 1 is 0.867 bits per heavy atom. The van der Waals surface area contributed by atoms with Gasteiger partial charge in [0.05, 0.1) is 0 Å². The van der Waals surface area contributed by atoms with Crippen molar-refractivity contribution in [2.75, 3.05) is 6.54 Å². The molecule has 0 aliphatic heterocycles. The van der Waals surface area contributed by atoms with Gasteiger partial charge in [-0.25, -0.2) is 0 Å². The van der Waals surface area contributed by atoms with Gasteiger partial charge in [0.25, 0.3) is 0 Å². The quantitative estimate of drug-likeness (QED) is 0.534. The second-order valence-electron chi connectivity index (χ2n) is 4.30. The maximum absolute atomic E-state index is 11.4. The molecule has 0 saturated heterocycles. The average molecular weight is 213 g/mol. The molecule has 15 heavy (non-hydrogen) atoms. The van der Waals surface area contributed by atoms with Crippen LogP contribution in [0.3, 0.4) is 0 Å². The third-order valence-corrected chi connectivity index (χ3v) is 2.72. The lowest BCUT2D eigenvalue weighted by atomic mass is 10.0. The summed E-state index contributed by atoms with van der Waals surface area (Å²) in [4.78, 5) is 11.4. The van der Waals surface area contributed by atoms with Crippen molar-refractivity contribution in [3.05, 3.63) is 0 Å².